The molecule has 2 N–H and O–H groups in total. The lowest BCUT2D eigenvalue weighted by Crippen LogP contribution is -2.56. The molecule has 0 radical (unpaired) electrons. The Kier molecular flexibility index (Phi) is 13.8. The van der Waals surface area contributed by atoms with Gasteiger partial charge < -0.3 is 20.3 Å². The number of amides is 3. The normalized spacial score (nSPS) is 16.6. The molecule has 220 valence electrons. The summed E-state index contributed by atoms with van der Waals surface area (Å²) in [7, 11) is 0. The van der Waals surface area contributed by atoms with E-state index in [4.69, 9.17) is 4.74 Å². The molecule has 1 saturated carbocycles. The van der Waals surface area contributed by atoms with Crippen molar-refractivity contribution in [2.45, 2.75) is 136 Å². The van der Waals surface area contributed by atoms with Gasteiger partial charge in [-0.05, 0) is 51.5 Å². The van der Waals surface area contributed by atoms with Crippen LogP contribution in [0.3, 0.4) is 0 Å². The predicted octanol–water partition coefficient (Wildman–Crippen LogP) is 6.92. The second-order valence-electron chi connectivity index (χ2n) is 12.1. The average molecular weight is 544 g/mol. The van der Waals surface area contributed by atoms with Crippen molar-refractivity contribution in [3.05, 3.63) is 35.9 Å². The van der Waals surface area contributed by atoms with Crippen LogP contribution >= 0.6 is 0 Å². The van der Waals surface area contributed by atoms with Crippen molar-refractivity contribution in [2.24, 2.45) is 5.92 Å². The SMILES string of the molecule is CCCCCCCN(C(=O)C(NC(=O)OC(C)(C)C)C(C)CC)C(C(=O)NC1CCCCC1)c1ccccc1. The lowest BCUT2D eigenvalue weighted by atomic mass is 9.93. The minimum atomic E-state index is -0.797. The third-order valence-electron chi connectivity index (χ3n) is 7.56. The van der Waals surface area contributed by atoms with Gasteiger partial charge in [0.1, 0.15) is 17.7 Å². The third-order valence-corrected chi connectivity index (χ3v) is 7.56. The van der Waals surface area contributed by atoms with Crippen LogP contribution in [0.2, 0.25) is 0 Å². The van der Waals surface area contributed by atoms with E-state index in [2.05, 4.69) is 17.6 Å². The van der Waals surface area contributed by atoms with Gasteiger partial charge in [0.2, 0.25) is 11.8 Å². The molecule has 1 aromatic carbocycles. The second-order valence-corrected chi connectivity index (χ2v) is 12.1. The molecule has 0 aliphatic heterocycles. The van der Waals surface area contributed by atoms with Gasteiger partial charge in [-0.2, -0.15) is 0 Å². The largest absolute Gasteiger partial charge is 0.444 e. The monoisotopic (exact) mass is 543 g/mol. The number of hydrogen-bond acceptors (Lipinski definition) is 4. The van der Waals surface area contributed by atoms with Crippen LogP contribution in [0.15, 0.2) is 30.3 Å². The van der Waals surface area contributed by atoms with Gasteiger partial charge in [0, 0.05) is 12.6 Å². The Morgan fingerprint density at radius 3 is 2.21 bits per heavy atom. The van der Waals surface area contributed by atoms with Crippen molar-refractivity contribution in [1.29, 1.82) is 0 Å². The van der Waals surface area contributed by atoms with Gasteiger partial charge in [-0.3, -0.25) is 9.59 Å². The van der Waals surface area contributed by atoms with Crippen LogP contribution in [0.4, 0.5) is 4.79 Å². The first-order chi connectivity index (χ1) is 18.6. The van der Waals surface area contributed by atoms with E-state index in [1.807, 2.05) is 44.2 Å². The summed E-state index contributed by atoms with van der Waals surface area (Å²) in [6, 6.07) is 8.14. The zero-order chi connectivity index (χ0) is 28.8. The van der Waals surface area contributed by atoms with Crippen molar-refractivity contribution in [3.8, 4) is 0 Å². The Morgan fingerprint density at radius 1 is 0.974 bits per heavy atom. The molecule has 7 heteroatoms. The maximum atomic E-state index is 14.4. The van der Waals surface area contributed by atoms with Gasteiger partial charge in [0.15, 0.2) is 0 Å². The number of carbonyl (C=O) groups excluding carboxylic acids is 3. The number of unbranched alkanes of at least 4 members (excludes halogenated alkanes) is 4. The summed E-state index contributed by atoms with van der Waals surface area (Å²) in [5, 5.41) is 6.13. The number of benzene rings is 1. The molecule has 1 aliphatic carbocycles. The third kappa shape index (κ3) is 11.2. The first-order valence-corrected chi connectivity index (χ1v) is 15.2. The number of nitrogens with zero attached hydrogens (tertiary/aromatic N) is 1. The molecule has 3 amide bonds. The van der Waals surface area contributed by atoms with E-state index < -0.39 is 23.8 Å². The highest BCUT2D eigenvalue weighted by Gasteiger charge is 2.38. The molecule has 0 heterocycles. The number of hydrogen-bond donors (Lipinski definition) is 2. The lowest BCUT2D eigenvalue weighted by Gasteiger charge is -2.37. The molecule has 1 fully saturated rings. The quantitative estimate of drug-likeness (QED) is 0.249. The number of nitrogens with one attached hydrogen (secondary N) is 2. The fraction of sp³-hybridized carbons (Fsp3) is 0.719. The van der Waals surface area contributed by atoms with Crippen molar-refractivity contribution in [3.63, 3.8) is 0 Å². The van der Waals surface area contributed by atoms with Crippen LogP contribution in [0, 0.1) is 5.92 Å². The standard InChI is InChI=1S/C32H53N3O4/c1-7-9-10-11-18-23-35(30(37)27(24(3)8-2)34-31(38)39-32(4,5)6)28(25-19-14-12-15-20-25)29(36)33-26-21-16-13-17-22-26/h12,14-15,19-20,24,26-28H,7-11,13,16-18,21-23H2,1-6H3,(H,33,36)(H,34,38). The predicted molar refractivity (Wildman–Crippen MR) is 157 cm³/mol. The number of rotatable bonds is 14. The molecule has 39 heavy (non-hydrogen) atoms. The summed E-state index contributed by atoms with van der Waals surface area (Å²) in [6.45, 7) is 12.0. The Hall–Kier alpha value is -2.57. The first kappa shape index (κ1) is 32.6. The minimum absolute atomic E-state index is 0.129. The lowest BCUT2D eigenvalue weighted by molar-refractivity contribution is -0.144. The summed E-state index contributed by atoms with van der Waals surface area (Å²) in [5.41, 5.74) is 0.103. The number of ether oxygens (including phenoxy) is 1. The summed E-state index contributed by atoms with van der Waals surface area (Å²) in [5.74, 6) is -0.515. The highest BCUT2D eigenvalue weighted by molar-refractivity contribution is 5.92. The molecule has 0 saturated heterocycles. The fourth-order valence-corrected chi connectivity index (χ4v) is 5.18. The van der Waals surface area contributed by atoms with E-state index >= 15 is 0 Å². The maximum Gasteiger partial charge on any atom is 0.408 e. The molecule has 1 aromatic rings. The van der Waals surface area contributed by atoms with Crippen molar-refractivity contribution in [2.75, 3.05) is 6.54 Å². The molecular formula is C32H53N3O4. The molecule has 0 bridgehead atoms. The molecule has 7 nitrogen and oxygen atoms in total. The van der Waals surface area contributed by atoms with E-state index in [-0.39, 0.29) is 23.8 Å². The van der Waals surface area contributed by atoms with Gasteiger partial charge in [0.25, 0.3) is 0 Å². The molecule has 0 spiro atoms. The van der Waals surface area contributed by atoms with E-state index in [9.17, 15) is 14.4 Å². The first-order valence-electron chi connectivity index (χ1n) is 15.2. The van der Waals surface area contributed by atoms with Crippen LogP contribution in [0.5, 0.6) is 0 Å². The summed E-state index contributed by atoms with van der Waals surface area (Å²) >= 11 is 0. The molecule has 3 unspecified atom stereocenters. The maximum absolute atomic E-state index is 14.4. The van der Waals surface area contributed by atoms with Crippen LogP contribution in [-0.2, 0) is 14.3 Å². The van der Waals surface area contributed by atoms with E-state index in [0.29, 0.717) is 13.0 Å². The van der Waals surface area contributed by atoms with Crippen LogP contribution < -0.4 is 10.6 Å². The average Bonchev–Trinajstić information content (AvgIpc) is 2.90. The Morgan fingerprint density at radius 2 is 1.62 bits per heavy atom. The minimum Gasteiger partial charge on any atom is -0.444 e. The highest BCUT2D eigenvalue weighted by Crippen LogP contribution is 2.27. The van der Waals surface area contributed by atoms with Gasteiger partial charge in [0.05, 0.1) is 0 Å². The fourth-order valence-electron chi connectivity index (χ4n) is 5.18. The zero-order valence-corrected chi connectivity index (χ0v) is 25.3. The van der Waals surface area contributed by atoms with Crippen molar-refractivity contribution < 1.29 is 19.1 Å². The molecule has 3 atom stereocenters. The number of alkyl carbamates (subject to hydrolysis) is 1. The Labute approximate surface area is 236 Å². The number of carbonyl (C=O) groups is 3. The van der Waals surface area contributed by atoms with E-state index in [1.165, 1.54) is 6.42 Å². The smallest absolute Gasteiger partial charge is 0.408 e. The molecular weight excluding hydrogens is 490 g/mol. The molecule has 1 aliphatic rings. The van der Waals surface area contributed by atoms with Gasteiger partial charge >= 0.3 is 6.09 Å². The highest BCUT2D eigenvalue weighted by atomic mass is 16.6. The Balaban J connectivity index is 2.42. The van der Waals surface area contributed by atoms with Crippen LogP contribution in [-0.4, -0.2) is 47.0 Å². The van der Waals surface area contributed by atoms with Gasteiger partial charge in [-0.25, -0.2) is 4.79 Å². The summed E-state index contributed by atoms with van der Waals surface area (Å²) in [6.07, 6.45) is 10.6. The van der Waals surface area contributed by atoms with Crippen molar-refractivity contribution >= 4 is 17.9 Å². The summed E-state index contributed by atoms with van der Waals surface area (Å²) in [4.78, 5) is 42.8. The Bertz CT molecular complexity index is 877. The second kappa shape index (κ2) is 16.5. The van der Waals surface area contributed by atoms with E-state index in [1.54, 1.807) is 25.7 Å². The van der Waals surface area contributed by atoms with Gasteiger partial charge in [-0.1, -0.05) is 102 Å². The van der Waals surface area contributed by atoms with Crippen molar-refractivity contribution in [1.82, 2.24) is 15.5 Å². The zero-order valence-electron chi connectivity index (χ0n) is 25.3. The van der Waals surface area contributed by atoms with Gasteiger partial charge in [-0.15, -0.1) is 0 Å². The van der Waals surface area contributed by atoms with Crippen LogP contribution in [0.25, 0.3) is 0 Å². The van der Waals surface area contributed by atoms with Crippen LogP contribution in [0.1, 0.15) is 124 Å². The van der Waals surface area contributed by atoms with E-state index in [0.717, 1.165) is 63.4 Å². The molecule has 0 aromatic heterocycles. The topological polar surface area (TPSA) is 87.7 Å². The summed E-state index contributed by atoms with van der Waals surface area (Å²) < 4.78 is 5.51. The molecule has 2 rings (SSSR count).